The Balaban J connectivity index is 1.12. The summed E-state index contributed by atoms with van der Waals surface area (Å²) < 4.78 is 4.81. The lowest BCUT2D eigenvalue weighted by Crippen LogP contribution is -2.03. The average molecular weight is 692 g/mol. The van der Waals surface area contributed by atoms with E-state index < -0.39 is 0 Å². The van der Waals surface area contributed by atoms with E-state index in [1.165, 1.54) is 43.6 Å². The molecular weight excluding hydrogens is 659 g/mol. The second kappa shape index (κ2) is 12.2. The molecule has 0 unspecified atom stereocenters. The van der Waals surface area contributed by atoms with Crippen LogP contribution >= 0.6 is 0 Å². The first-order valence-corrected chi connectivity index (χ1v) is 18.5. The summed E-state index contributed by atoms with van der Waals surface area (Å²) in [5.74, 6) is 2.05. The maximum atomic E-state index is 5.09. The van der Waals surface area contributed by atoms with Gasteiger partial charge in [-0.25, -0.2) is 15.0 Å². The summed E-state index contributed by atoms with van der Waals surface area (Å²) in [6, 6.07) is 56.2. The van der Waals surface area contributed by atoms with Gasteiger partial charge in [-0.2, -0.15) is 0 Å². The number of hydrogen-bond acceptors (Lipinski definition) is 3. The average Bonchev–Trinajstić information content (AvgIpc) is 3.77. The fraction of sp³-hybridized carbons (Fsp3) is 0.0408. The summed E-state index contributed by atoms with van der Waals surface area (Å²) in [5, 5.41) is 7.24. The minimum absolute atomic E-state index is 0.672. The monoisotopic (exact) mass is 691 g/mol. The van der Waals surface area contributed by atoms with Crippen LogP contribution < -0.4 is 0 Å². The van der Waals surface area contributed by atoms with Gasteiger partial charge in [-0.15, -0.1) is 0 Å². The van der Waals surface area contributed by atoms with E-state index in [0.717, 1.165) is 51.7 Å². The quantitative estimate of drug-likeness (QED) is 0.180. The van der Waals surface area contributed by atoms with Crippen molar-refractivity contribution in [2.45, 2.75) is 12.8 Å². The first kappa shape index (κ1) is 30.5. The van der Waals surface area contributed by atoms with Crippen molar-refractivity contribution in [1.82, 2.24) is 24.1 Å². The predicted molar refractivity (Wildman–Crippen MR) is 223 cm³/mol. The predicted octanol–water partition coefficient (Wildman–Crippen LogP) is 12.3. The Morgan fingerprint density at radius 3 is 1.76 bits per heavy atom. The summed E-state index contributed by atoms with van der Waals surface area (Å²) in [6.45, 7) is 0. The van der Waals surface area contributed by atoms with E-state index in [2.05, 4.69) is 167 Å². The summed E-state index contributed by atoms with van der Waals surface area (Å²) in [4.78, 5) is 15.1. The van der Waals surface area contributed by atoms with Gasteiger partial charge in [-0.05, 0) is 72.1 Å². The lowest BCUT2D eigenvalue weighted by atomic mass is 10.0. The molecule has 0 saturated carbocycles. The number of rotatable bonds is 5. The van der Waals surface area contributed by atoms with Crippen LogP contribution in [0.5, 0.6) is 0 Å². The van der Waals surface area contributed by atoms with E-state index >= 15 is 0 Å². The minimum Gasteiger partial charge on any atom is -0.309 e. The maximum absolute atomic E-state index is 5.09. The van der Waals surface area contributed by atoms with Gasteiger partial charge in [-0.3, -0.25) is 0 Å². The molecule has 0 amide bonds. The minimum atomic E-state index is 0.672. The van der Waals surface area contributed by atoms with Gasteiger partial charge in [0.2, 0.25) is 0 Å². The van der Waals surface area contributed by atoms with Crippen LogP contribution in [0.25, 0.3) is 94.1 Å². The van der Waals surface area contributed by atoms with Gasteiger partial charge >= 0.3 is 0 Å². The lowest BCUT2D eigenvalue weighted by Gasteiger charge is -2.13. The van der Waals surface area contributed by atoms with Gasteiger partial charge in [0.25, 0.3) is 0 Å². The Labute approximate surface area is 311 Å². The van der Waals surface area contributed by atoms with Gasteiger partial charge in [0.05, 0.1) is 22.1 Å². The van der Waals surface area contributed by atoms with Crippen LogP contribution in [-0.4, -0.2) is 24.1 Å². The smallest absolute Gasteiger partial charge is 0.164 e. The molecular formula is C49H33N5. The van der Waals surface area contributed by atoms with Crippen molar-refractivity contribution in [2.75, 3.05) is 0 Å². The Hall–Kier alpha value is -7.11. The first-order chi connectivity index (χ1) is 26.8. The molecule has 11 rings (SSSR count). The molecule has 0 N–H and O–H groups in total. The topological polar surface area (TPSA) is 48.5 Å². The third-order valence-electron chi connectivity index (χ3n) is 10.8. The molecule has 0 aliphatic heterocycles. The molecule has 0 atom stereocenters. The lowest BCUT2D eigenvalue weighted by molar-refractivity contribution is 1.01. The fourth-order valence-corrected chi connectivity index (χ4v) is 8.38. The normalized spacial score (nSPS) is 13.1. The van der Waals surface area contributed by atoms with Gasteiger partial charge in [0.15, 0.2) is 17.5 Å². The zero-order valence-electron chi connectivity index (χ0n) is 29.4. The molecule has 3 heterocycles. The van der Waals surface area contributed by atoms with Gasteiger partial charge in [0, 0.05) is 49.6 Å². The van der Waals surface area contributed by atoms with Crippen LogP contribution in [0.1, 0.15) is 18.7 Å². The second-order valence-corrected chi connectivity index (χ2v) is 13.9. The fourth-order valence-electron chi connectivity index (χ4n) is 8.38. The Morgan fingerprint density at radius 2 is 1.06 bits per heavy atom. The Bertz CT molecular complexity index is 3150. The van der Waals surface area contributed by atoms with Crippen molar-refractivity contribution in [3.05, 3.63) is 182 Å². The van der Waals surface area contributed by atoms with Crippen LogP contribution in [0.2, 0.25) is 0 Å². The molecule has 5 heteroatoms. The third kappa shape index (κ3) is 4.75. The molecule has 5 nitrogen and oxygen atoms in total. The molecule has 0 radical (unpaired) electrons. The molecule has 3 aromatic heterocycles. The zero-order chi connectivity index (χ0) is 35.6. The van der Waals surface area contributed by atoms with E-state index in [4.69, 9.17) is 15.0 Å². The van der Waals surface area contributed by atoms with Crippen molar-refractivity contribution in [2.24, 2.45) is 0 Å². The highest BCUT2D eigenvalue weighted by atomic mass is 15.0. The molecule has 10 aromatic rings. The molecule has 1 aliphatic carbocycles. The highest BCUT2D eigenvalue weighted by Gasteiger charge is 2.21. The highest BCUT2D eigenvalue weighted by molar-refractivity contribution is 6.29. The Kier molecular flexibility index (Phi) is 6.92. The number of nitrogens with zero attached hydrogens (tertiary/aromatic N) is 5. The van der Waals surface area contributed by atoms with Crippen LogP contribution in [0.3, 0.4) is 0 Å². The summed E-state index contributed by atoms with van der Waals surface area (Å²) in [7, 11) is 0. The number of benzene rings is 7. The number of allylic oxidation sites excluding steroid dienone is 4. The van der Waals surface area contributed by atoms with E-state index in [1.807, 2.05) is 18.2 Å². The van der Waals surface area contributed by atoms with Crippen LogP contribution in [0.4, 0.5) is 0 Å². The van der Waals surface area contributed by atoms with E-state index in [9.17, 15) is 0 Å². The van der Waals surface area contributed by atoms with Crippen LogP contribution in [-0.2, 0) is 0 Å². The van der Waals surface area contributed by atoms with Gasteiger partial charge in [-0.1, -0.05) is 127 Å². The number of para-hydroxylation sites is 3. The van der Waals surface area contributed by atoms with Crippen molar-refractivity contribution in [3.8, 4) is 34.2 Å². The first-order valence-electron chi connectivity index (χ1n) is 18.5. The highest BCUT2D eigenvalue weighted by Crippen LogP contribution is 2.42. The number of fused-ring (bicyclic) bond motifs is 8. The molecule has 0 saturated heterocycles. The van der Waals surface area contributed by atoms with Crippen molar-refractivity contribution < 1.29 is 0 Å². The largest absolute Gasteiger partial charge is 0.309 e. The third-order valence-corrected chi connectivity index (χ3v) is 10.8. The van der Waals surface area contributed by atoms with Crippen molar-refractivity contribution >= 4 is 60.0 Å². The van der Waals surface area contributed by atoms with Gasteiger partial charge in [0.1, 0.15) is 0 Å². The summed E-state index contributed by atoms with van der Waals surface area (Å²) >= 11 is 0. The SMILES string of the molecule is C1=CC(c2nc(-c3ccccc3)nc(-c3cccc4cc(-n5c6ccccc6c6c7c8ccccc8n(-c8ccccc8)c7ccc65)ccc34)n2)=CCC1. The molecule has 254 valence electrons. The second-order valence-electron chi connectivity index (χ2n) is 13.9. The molecule has 0 bridgehead atoms. The van der Waals surface area contributed by atoms with Gasteiger partial charge < -0.3 is 9.13 Å². The van der Waals surface area contributed by atoms with E-state index in [-0.39, 0.29) is 0 Å². The Morgan fingerprint density at radius 1 is 0.426 bits per heavy atom. The van der Waals surface area contributed by atoms with E-state index in [1.54, 1.807) is 0 Å². The molecule has 7 aromatic carbocycles. The maximum Gasteiger partial charge on any atom is 0.164 e. The molecule has 1 aliphatic rings. The molecule has 0 spiro atoms. The van der Waals surface area contributed by atoms with E-state index in [0.29, 0.717) is 17.5 Å². The zero-order valence-corrected chi connectivity index (χ0v) is 29.4. The number of aromatic nitrogens is 5. The number of hydrogen-bond donors (Lipinski definition) is 0. The summed E-state index contributed by atoms with van der Waals surface area (Å²) in [6.07, 6.45) is 8.57. The molecule has 54 heavy (non-hydrogen) atoms. The van der Waals surface area contributed by atoms with Crippen molar-refractivity contribution in [3.63, 3.8) is 0 Å². The molecule has 0 fully saturated rings. The standard InChI is InChI=1S/C49H33N5/c1-4-15-32(16-5-1)47-50-48(33-17-6-2-7-18-33)52-49(51-47)38-24-14-19-34-31-36(27-28-37(34)38)54-42-26-13-11-23-40(42)46-44(54)30-29-43-45(46)39-22-10-12-25-41(39)53(43)35-20-8-3-9-21-35/h1,3-6,8-31H,2,7H2. The van der Waals surface area contributed by atoms with Crippen molar-refractivity contribution in [1.29, 1.82) is 0 Å². The van der Waals surface area contributed by atoms with Crippen LogP contribution in [0.15, 0.2) is 176 Å². The van der Waals surface area contributed by atoms with Crippen LogP contribution in [0, 0.1) is 0 Å². The summed E-state index contributed by atoms with van der Waals surface area (Å²) in [5.41, 5.74) is 10.0.